The number of aryl methyl sites for hydroxylation is 1. The lowest BCUT2D eigenvalue weighted by atomic mass is 9.94. The molecule has 4 heterocycles. The SMILES string of the molecule is CSc1ccccc1C(=O)N1C[C@@H]2CC[C@H]1CN(Cc1nc[nH]c1C)C2. The first-order valence-corrected chi connectivity index (χ1v) is 10.5. The number of H-pyrrole nitrogens is 1. The molecule has 0 spiro atoms. The largest absolute Gasteiger partial charge is 0.348 e. The van der Waals surface area contributed by atoms with E-state index in [-0.39, 0.29) is 5.91 Å². The lowest BCUT2D eigenvalue weighted by Gasteiger charge is -2.36. The Kier molecular flexibility index (Phi) is 5.05. The van der Waals surface area contributed by atoms with Gasteiger partial charge in [0.05, 0.1) is 17.6 Å². The zero-order valence-electron chi connectivity index (χ0n) is 15.4. The fourth-order valence-electron chi connectivity index (χ4n) is 4.29. The van der Waals surface area contributed by atoms with Crippen molar-refractivity contribution in [2.45, 2.75) is 37.2 Å². The average Bonchev–Trinajstić information content (AvgIpc) is 2.88. The Labute approximate surface area is 159 Å². The Balaban J connectivity index is 1.53. The Bertz CT molecular complexity index is 790. The van der Waals surface area contributed by atoms with Gasteiger partial charge in [-0.1, -0.05) is 12.1 Å². The molecular formula is C20H26N4OS. The number of imidazole rings is 1. The topological polar surface area (TPSA) is 52.2 Å². The number of amides is 1. The predicted octanol–water partition coefficient (Wildman–Crippen LogP) is 3.18. The van der Waals surface area contributed by atoms with E-state index in [2.05, 4.69) is 26.7 Å². The first-order valence-electron chi connectivity index (χ1n) is 9.31. The van der Waals surface area contributed by atoms with Crippen molar-refractivity contribution < 1.29 is 4.79 Å². The maximum Gasteiger partial charge on any atom is 0.255 e. The van der Waals surface area contributed by atoms with Crippen molar-refractivity contribution in [3.8, 4) is 0 Å². The van der Waals surface area contributed by atoms with Crippen molar-refractivity contribution in [2.24, 2.45) is 5.92 Å². The highest BCUT2D eigenvalue weighted by Gasteiger charge is 2.38. The molecule has 2 bridgehead atoms. The lowest BCUT2D eigenvalue weighted by Crippen LogP contribution is -2.47. The number of carbonyl (C=O) groups is 1. The fourth-order valence-corrected chi connectivity index (χ4v) is 4.88. The Hall–Kier alpha value is -1.79. The van der Waals surface area contributed by atoms with Crippen LogP contribution in [0.25, 0.3) is 0 Å². The van der Waals surface area contributed by atoms with E-state index in [0.717, 1.165) is 54.4 Å². The van der Waals surface area contributed by atoms with Gasteiger partial charge in [-0.05, 0) is 44.1 Å². The van der Waals surface area contributed by atoms with Crippen molar-refractivity contribution in [3.05, 3.63) is 47.5 Å². The molecule has 5 rings (SSSR count). The number of piperidine rings is 1. The van der Waals surface area contributed by atoms with Gasteiger partial charge in [-0.25, -0.2) is 4.98 Å². The van der Waals surface area contributed by atoms with E-state index in [1.165, 1.54) is 6.42 Å². The number of aromatic amines is 1. The van der Waals surface area contributed by atoms with Gasteiger partial charge >= 0.3 is 0 Å². The molecule has 6 heteroatoms. The normalized spacial score (nSPS) is 23.2. The third-order valence-corrected chi connectivity index (χ3v) is 6.49. The number of fused-ring (bicyclic) bond motifs is 4. The Morgan fingerprint density at radius 3 is 2.88 bits per heavy atom. The van der Waals surface area contributed by atoms with E-state index in [9.17, 15) is 4.79 Å². The Morgan fingerprint density at radius 2 is 2.12 bits per heavy atom. The van der Waals surface area contributed by atoms with Crippen LogP contribution in [0.5, 0.6) is 0 Å². The second kappa shape index (κ2) is 7.45. The minimum atomic E-state index is 0.197. The Morgan fingerprint density at radius 1 is 1.27 bits per heavy atom. The molecular weight excluding hydrogens is 344 g/mol. The second-order valence-electron chi connectivity index (χ2n) is 7.42. The summed E-state index contributed by atoms with van der Waals surface area (Å²) >= 11 is 1.65. The van der Waals surface area contributed by atoms with Crippen LogP contribution in [0.3, 0.4) is 0 Å². The molecule has 0 radical (unpaired) electrons. The van der Waals surface area contributed by atoms with Crippen molar-refractivity contribution in [1.82, 2.24) is 19.8 Å². The molecule has 1 amide bonds. The maximum absolute atomic E-state index is 13.3. The summed E-state index contributed by atoms with van der Waals surface area (Å²) in [4.78, 5) is 26.6. The maximum atomic E-state index is 13.3. The summed E-state index contributed by atoms with van der Waals surface area (Å²) in [6.07, 6.45) is 6.13. The van der Waals surface area contributed by atoms with Crippen LogP contribution in [0.15, 0.2) is 35.5 Å². The minimum absolute atomic E-state index is 0.197. The predicted molar refractivity (Wildman–Crippen MR) is 104 cm³/mol. The number of rotatable bonds is 4. The van der Waals surface area contributed by atoms with Crippen LogP contribution < -0.4 is 0 Å². The van der Waals surface area contributed by atoms with Gasteiger partial charge in [0.25, 0.3) is 5.91 Å². The molecule has 3 aliphatic heterocycles. The molecule has 0 saturated carbocycles. The van der Waals surface area contributed by atoms with E-state index in [1.807, 2.05) is 30.5 Å². The molecule has 1 aromatic heterocycles. The van der Waals surface area contributed by atoms with Gasteiger partial charge in [0, 0.05) is 42.8 Å². The molecule has 0 aliphatic carbocycles. The molecule has 5 nitrogen and oxygen atoms in total. The van der Waals surface area contributed by atoms with Gasteiger partial charge in [-0.15, -0.1) is 11.8 Å². The molecule has 1 aromatic carbocycles. The first kappa shape index (κ1) is 17.6. The highest BCUT2D eigenvalue weighted by molar-refractivity contribution is 7.98. The van der Waals surface area contributed by atoms with E-state index in [0.29, 0.717) is 12.0 Å². The number of thioether (sulfide) groups is 1. The van der Waals surface area contributed by atoms with Crippen LogP contribution in [-0.2, 0) is 6.54 Å². The van der Waals surface area contributed by atoms with Crippen LogP contribution in [0.2, 0.25) is 0 Å². The van der Waals surface area contributed by atoms with Gasteiger partial charge in [0.2, 0.25) is 0 Å². The number of benzene rings is 1. The highest BCUT2D eigenvalue weighted by Crippen LogP contribution is 2.31. The van der Waals surface area contributed by atoms with E-state index in [1.54, 1.807) is 18.1 Å². The number of hydrogen-bond acceptors (Lipinski definition) is 4. The molecule has 138 valence electrons. The molecule has 2 atom stereocenters. The molecule has 3 fully saturated rings. The third-order valence-electron chi connectivity index (χ3n) is 5.70. The summed E-state index contributed by atoms with van der Waals surface area (Å²) in [7, 11) is 0. The van der Waals surface area contributed by atoms with Gasteiger partial charge < -0.3 is 9.88 Å². The van der Waals surface area contributed by atoms with E-state index >= 15 is 0 Å². The first-order chi connectivity index (χ1) is 12.7. The van der Waals surface area contributed by atoms with Crippen LogP contribution in [-0.4, -0.2) is 57.6 Å². The second-order valence-corrected chi connectivity index (χ2v) is 8.27. The minimum Gasteiger partial charge on any atom is -0.348 e. The van der Waals surface area contributed by atoms with Crippen LogP contribution in [0, 0.1) is 12.8 Å². The number of hydrogen-bond donors (Lipinski definition) is 1. The summed E-state index contributed by atoms with van der Waals surface area (Å²) in [5.74, 6) is 0.751. The van der Waals surface area contributed by atoms with Crippen LogP contribution in [0.4, 0.5) is 0 Å². The van der Waals surface area contributed by atoms with Crippen LogP contribution in [0.1, 0.15) is 34.6 Å². The molecule has 1 N–H and O–H groups in total. The standard InChI is InChI=1S/C20H26N4OS/c1-14-18(22-13-21-14)12-23-9-15-7-8-16(11-23)24(10-15)20(25)17-5-3-4-6-19(17)26-2/h3-6,13,15-16H,7-12H2,1-2H3,(H,21,22)/t15-,16+/m1/s1. The average molecular weight is 371 g/mol. The zero-order valence-corrected chi connectivity index (χ0v) is 16.3. The van der Waals surface area contributed by atoms with Gasteiger partial charge in [-0.3, -0.25) is 9.69 Å². The van der Waals surface area contributed by atoms with Crippen molar-refractivity contribution in [1.29, 1.82) is 0 Å². The third kappa shape index (κ3) is 3.40. The van der Waals surface area contributed by atoms with Gasteiger partial charge in [0.15, 0.2) is 0 Å². The number of aromatic nitrogens is 2. The summed E-state index contributed by atoms with van der Waals surface area (Å²) in [5, 5.41) is 0. The lowest BCUT2D eigenvalue weighted by molar-refractivity contribution is 0.0581. The number of nitrogens with zero attached hydrogens (tertiary/aromatic N) is 3. The number of carbonyl (C=O) groups excluding carboxylic acids is 1. The summed E-state index contributed by atoms with van der Waals surface area (Å²) in [6.45, 7) is 5.81. The highest BCUT2D eigenvalue weighted by atomic mass is 32.2. The van der Waals surface area contributed by atoms with Crippen LogP contribution >= 0.6 is 11.8 Å². The van der Waals surface area contributed by atoms with Gasteiger partial charge in [0.1, 0.15) is 0 Å². The zero-order chi connectivity index (χ0) is 18.1. The smallest absolute Gasteiger partial charge is 0.255 e. The van der Waals surface area contributed by atoms with Crippen molar-refractivity contribution in [2.75, 3.05) is 25.9 Å². The molecule has 26 heavy (non-hydrogen) atoms. The monoisotopic (exact) mass is 370 g/mol. The molecule has 3 aliphatic rings. The van der Waals surface area contributed by atoms with Crippen molar-refractivity contribution >= 4 is 17.7 Å². The summed E-state index contributed by atoms with van der Waals surface area (Å²) in [5.41, 5.74) is 3.11. The van der Waals surface area contributed by atoms with E-state index in [4.69, 9.17) is 0 Å². The molecule has 3 saturated heterocycles. The fraction of sp³-hybridized carbons (Fsp3) is 0.500. The van der Waals surface area contributed by atoms with Gasteiger partial charge in [-0.2, -0.15) is 0 Å². The van der Waals surface area contributed by atoms with E-state index < -0.39 is 0 Å². The summed E-state index contributed by atoms with van der Waals surface area (Å²) in [6, 6.07) is 8.29. The molecule has 0 unspecified atom stereocenters. The summed E-state index contributed by atoms with van der Waals surface area (Å²) < 4.78 is 0. The number of nitrogens with one attached hydrogen (secondary N) is 1. The quantitative estimate of drug-likeness (QED) is 0.840. The van der Waals surface area contributed by atoms with Crippen molar-refractivity contribution in [3.63, 3.8) is 0 Å². The molecule has 2 aromatic rings.